The monoisotopic (exact) mass is 902 g/mol. The quantitative estimate of drug-likeness (QED) is 0.157. The van der Waals surface area contributed by atoms with Crippen molar-refractivity contribution in [3.8, 4) is 67.6 Å². The van der Waals surface area contributed by atoms with Gasteiger partial charge in [0.1, 0.15) is 6.07 Å². The predicted octanol–water partition coefficient (Wildman–Crippen LogP) is 17.5. The topological polar surface area (TPSA) is 38.6 Å². The van der Waals surface area contributed by atoms with Crippen LogP contribution in [0.25, 0.3) is 127 Å². The standard InChI is InChI=1S/C67H42N4/c68-43-56-63(44-21-5-1-6-22-44)65(46-25-9-3-10-26-46)67(66(47-27-11-4-12-28-47)64(56)45-23-7-2-8-24-45)71-61-39-37-48(69-57-33-17-13-29-50(57)51-30-14-18-34-58(51)69)41-54(61)55-42-49(38-40-62(55)71)70-59-35-19-15-31-52(59)53-32-16-20-36-60(53)70/h1-42H. The first kappa shape index (κ1) is 40.4. The number of nitrogens with zero attached hydrogens (tertiary/aromatic N) is 4. The molecule has 0 unspecified atom stereocenters. The Morgan fingerprint density at radius 1 is 0.254 bits per heavy atom. The highest BCUT2D eigenvalue weighted by atomic mass is 15.0. The van der Waals surface area contributed by atoms with Crippen LogP contribution in [0.3, 0.4) is 0 Å². The van der Waals surface area contributed by atoms with Crippen molar-refractivity contribution in [3.63, 3.8) is 0 Å². The molecule has 0 bridgehead atoms. The fourth-order valence-electron chi connectivity index (χ4n) is 11.6. The van der Waals surface area contributed by atoms with Crippen molar-refractivity contribution < 1.29 is 0 Å². The molecule has 0 fully saturated rings. The molecule has 0 saturated heterocycles. The molecule has 0 aliphatic heterocycles. The molecule has 3 aromatic heterocycles. The minimum Gasteiger partial charge on any atom is -0.309 e. The van der Waals surface area contributed by atoms with Gasteiger partial charge in [-0.15, -0.1) is 0 Å². The first-order chi connectivity index (χ1) is 35.2. The average molecular weight is 903 g/mol. The molecular formula is C67H42N4. The molecule has 14 rings (SSSR count). The van der Waals surface area contributed by atoms with Gasteiger partial charge in [-0.3, -0.25) is 0 Å². The third-order valence-corrected chi connectivity index (χ3v) is 14.5. The van der Waals surface area contributed by atoms with Crippen LogP contribution in [0.4, 0.5) is 0 Å². The number of rotatable bonds is 7. The van der Waals surface area contributed by atoms with Crippen LogP contribution >= 0.6 is 0 Å². The molecule has 11 aromatic carbocycles. The molecule has 0 aliphatic rings. The second kappa shape index (κ2) is 16.2. The van der Waals surface area contributed by atoms with Gasteiger partial charge >= 0.3 is 0 Å². The van der Waals surface area contributed by atoms with Gasteiger partial charge in [0.15, 0.2) is 0 Å². The van der Waals surface area contributed by atoms with E-state index in [1.54, 1.807) is 0 Å². The van der Waals surface area contributed by atoms with Gasteiger partial charge in [-0.25, -0.2) is 0 Å². The summed E-state index contributed by atoms with van der Waals surface area (Å²) in [5.41, 5.74) is 18.3. The van der Waals surface area contributed by atoms with E-state index in [1.165, 1.54) is 21.5 Å². The summed E-state index contributed by atoms with van der Waals surface area (Å²) in [6.45, 7) is 0. The Hall–Kier alpha value is -9.69. The maximum Gasteiger partial charge on any atom is 0.100 e. The zero-order chi connectivity index (χ0) is 47.0. The van der Waals surface area contributed by atoms with E-state index in [-0.39, 0.29) is 0 Å². The molecule has 0 atom stereocenters. The number of nitriles is 1. The fraction of sp³-hybridized carbons (Fsp3) is 0. The maximum atomic E-state index is 11.7. The summed E-state index contributed by atoms with van der Waals surface area (Å²) >= 11 is 0. The van der Waals surface area contributed by atoms with Crippen LogP contribution < -0.4 is 0 Å². The van der Waals surface area contributed by atoms with Gasteiger partial charge in [0, 0.05) is 65.9 Å². The number of para-hydroxylation sites is 4. The molecular weight excluding hydrogens is 861 g/mol. The third kappa shape index (κ3) is 6.17. The minimum absolute atomic E-state index is 0.631. The summed E-state index contributed by atoms with van der Waals surface area (Å²) in [6, 6.07) is 94.0. The normalized spacial score (nSPS) is 11.6. The summed E-state index contributed by atoms with van der Waals surface area (Å²) in [5.74, 6) is 0. The van der Waals surface area contributed by atoms with Gasteiger partial charge in [-0.1, -0.05) is 194 Å². The van der Waals surface area contributed by atoms with Crippen LogP contribution in [-0.4, -0.2) is 13.7 Å². The van der Waals surface area contributed by atoms with Crippen LogP contribution in [0.1, 0.15) is 5.56 Å². The van der Waals surface area contributed by atoms with Crippen molar-refractivity contribution >= 4 is 65.4 Å². The van der Waals surface area contributed by atoms with Gasteiger partial charge in [0.25, 0.3) is 0 Å². The number of fused-ring (bicyclic) bond motifs is 9. The Labute approximate surface area is 410 Å². The first-order valence-electron chi connectivity index (χ1n) is 24.2. The van der Waals surface area contributed by atoms with E-state index >= 15 is 0 Å². The Morgan fingerprint density at radius 3 is 0.859 bits per heavy atom. The summed E-state index contributed by atoms with van der Waals surface area (Å²) < 4.78 is 7.33. The van der Waals surface area contributed by atoms with E-state index in [0.717, 1.165) is 105 Å². The van der Waals surface area contributed by atoms with E-state index in [9.17, 15) is 5.26 Å². The van der Waals surface area contributed by atoms with E-state index in [1.807, 2.05) is 12.1 Å². The van der Waals surface area contributed by atoms with Gasteiger partial charge < -0.3 is 13.7 Å². The van der Waals surface area contributed by atoms with Crippen molar-refractivity contribution in [3.05, 3.63) is 260 Å². The Morgan fingerprint density at radius 2 is 0.535 bits per heavy atom. The van der Waals surface area contributed by atoms with Crippen molar-refractivity contribution in [1.82, 2.24) is 13.7 Å². The van der Waals surface area contributed by atoms with Crippen LogP contribution in [0, 0.1) is 11.3 Å². The Kier molecular flexibility index (Phi) is 9.23. The molecule has 14 aromatic rings. The van der Waals surface area contributed by atoms with Gasteiger partial charge in [0.2, 0.25) is 0 Å². The molecule has 0 spiro atoms. The fourth-order valence-corrected chi connectivity index (χ4v) is 11.6. The minimum atomic E-state index is 0.631. The van der Waals surface area contributed by atoms with Crippen molar-refractivity contribution in [1.29, 1.82) is 5.26 Å². The number of hydrogen-bond acceptors (Lipinski definition) is 1. The molecule has 0 N–H and O–H groups in total. The molecule has 330 valence electrons. The molecule has 3 heterocycles. The highest BCUT2D eigenvalue weighted by Gasteiger charge is 2.31. The number of aromatic nitrogens is 3. The Balaban J connectivity index is 1.20. The van der Waals surface area contributed by atoms with Crippen molar-refractivity contribution in [2.75, 3.05) is 0 Å². The maximum absolute atomic E-state index is 11.7. The van der Waals surface area contributed by atoms with Gasteiger partial charge in [0.05, 0.1) is 44.4 Å². The first-order valence-corrected chi connectivity index (χ1v) is 24.2. The van der Waals surface area contributed by atoms with E-state index < -0.39 is 0 Å². The molecule has 0 saturated carbocycles. The van der Waals surface area contributed by atoms with Gasteiger partial charge in [-0.05, 0) is 82.9 Å². The lowest BCUT2D eigenvalue weighted by molar-refractivity contribution is 1.16. The van der Waals surface area contributed by atoms with Crippen molar-refractivity contribution in [2.45, 2.75) is 0 Å². The smallest absolute Gasteiger partial charge is 0.100 e. The summed E-state index contributed by atoms with van der Waals surface area (Å²) in [6.07, 6.45) is 0. The molecule has 4 nitrogen and oxygen atoms in total. The van der Waals surface area contributed by atoms with Crippen LogP contribution in [0.2, 0.25) is 0 Å². The molecule has 4 heteroatoms. The SMILES string of the molecule is N#Cc1c(-c2ccccc2)c(-c2ccccc2)c(-n2c3ccc(-n4c5ccccc5c5ccccc54)cc3c3cc(-n4c5ccccc5c5ccccc54)ccc32)c(-c2ccccc2)c1-c1ccccc1. The predicted molar refractivity (Wildman–Crippen MR) is 296 cm³/mol. The zero-order valence-electron chi connectivity index (χ0n) is 38.5. The van der Waals surface area contributed by atoms with Crippen LogP contribution in [0.15, 0.2) is 255 Å². The largest absolute Gasteiger partial charge is 0.309 e. The number of hydrogen-bond donors (Lipinski definition) is 0. The molecule has 0 amide bonds. The lowest BCUT2D eigenvalue weighted by Crippen LogP contribution is -2.07. The Bertz CT molecular complexity index is 4060. The van der Waals surface area contributed by atoms with Gasteiger partial charge in [-0.2, -0.15) is 5.26 Å². The molecule has 71 heavy (non-hydrogen) atoms. The zero-order valence-corrected chi connectivity index (χ0v) is 38.5. The second-order valence-electron chi connectivity index (χ2n) is 18.3. The second-order valence-corrected chi connectivity index (χ2v) is 18.3. The summed E-state index contributed by atoms with van der Waals surface area (Å²) in [4.78, 5) is 0. The van der Waals surface area contributed by atoms with Crippen LogP contribution in [0.5, 0.6) is 0 Å². The average Bonchev–Trinajstić information content (AvgIpc) is 4.08. The highest BCUT2D eigenvalue weighted by Crippen LogP contribution is 2.52. The number of benzene rings is 11. The summed E-state index contributed by atoms with van der Waals surface area (Å²) in [7, 11) is 0. The van der Waals surface area contributed by atoms with E-state index in [0.29, 0.717) is 5.56 Å². The molecule has 0 aliphatic carbocycles. The highest BCUT2D eigenvalue weighted by molar-refractivity contribution is 6.16. The van der Waals surface area contributed by atoms with Crippen molar-refractivity contribution in [2.24, 2.45) is 0 Å². The third-order valence-electron chi connectivity index (χ3n) is 14.5. The van der Waals surface area contributed by atoms with Crippen LogP contribution in [-0.2, 0) is 0 Å². The lowest BCUT2D eigenvalue weighted by Gasteiger charge is -2.27. The van der Waals surface area contributed by atoms with E-state index in [2.05, 4.69) is 262 Å². The molecule has 0 radical (unpaired) electrons. The van der Waals surface area contributed by atoms with E-state index in [4.69, 9.17) is 0 Å². The summed E-state index contributed by atoms with van der Waals surface area (Å²) in [5, 5.41) is 18.8. The lowest BCUT2D eigenvalue weighted by atomic mass is 9.79.